The van der Waals surface area contributed by atoms with Crippen molar-refractivity contribution in [2.75, 3.05) is 11.9 Å². The molecule has 0 aliphatic carbocycles. The molecule has 5 nitrogen and oxygen atoms in total. The molecule has 1 aromatic carbocycles. The first-order chi connectivity index (χ1) is 9.63. The number of benzene rings is 1. The van der Waals surface area contributed by atoms with Gasteiger partial charge >= 0.3 is 6.18 Å². The zero-order chi connectivity index (χ0) is 16.3. The molecule has 21 heavy (non-hydrogen) atoms. The first kappa shape index (κ1) is 17.2. The molecule has 0 bridgehead atoms. The van der Waals surface area contributed by atoms with E-state index in [1.54, 1.807) is 0 Å². The van der Waals surface area contributed by atoms with E-state index in [4.69, 9.17) is 5.73 Å². The van der Waals surface area contributed by atoms with Crippen molar-refractivity contribution in [3.63, 3.8) is 0 Å². The molecule has 0 unspecified atom stereocenters. The molecule has 8 heteroatoms. The fourth-order valence-corrected chi connectivity index (χ4v) is 1.78. The van der Waals surface area contributed by atoms with Crippen molar-refractivity contribution in [1.29, 1.82) is 0 Å². The minimum absolute atomic E-state index is 0.0322. The maximum atomic E-state index is 12.6. The van der Waals surface area contributed by atoms with Gasteiger partial charge in [0.2, 0.25) is 0 Å². The first-order valence-corrected chi connectivity index (χ1v) is 6.51. The Bertz CT molecular complexity index is 514. The minimum atomic E-state index is -4.62. The van der Waals surface area contributed by atoms with E-state index in [-0.39, 0.29) is 12.2 Å². The predicted molar refractivity (Wildman–Crippen MR) is 74.1 cm³/mol. The summed E-state index contributed by atoms with van der Waals surface area (Å²) in [6.07, 6.45) is -3.33. The maximum absolute atomic E-state index is 12.6. The van der Waals surface area contributed by atoms with Crippen molar-refractivity contribution >= 4 is 11.4 Å². The SMILES string of the molecule is CCC(N)(CC)CNc1ccc(C(F)(F)F)cc1[N+](=O)[O-]. The molecule has 0 fully saturated rings. The zero-order valence-corrected chi connectivity index (χ0v) is 11.8. The molecule has 118 valence electrons. The lowest BCUT2D eigenvalue weighted by atomic mass is 9.94. The van der Waals surface area contributed by atoms with Crippen LogP contribution in [0.1, 0.15) is 32.3 Å². The van der Waals surface area contributed by atoms with Gasteiger partial charge in [0, 0.05) is 18.2 Å². The largest absolute Gasteiger partial charge is 0.416 e. The zero-order valence-electron chi connectivity index (χ0n) is 11.8. The third kappa shape index (κ3) is 4.32. The number of halogens is 3. The molecule has 0 saturated carbocycles. The normalized spacial score (nSPS) is 12.3. The van der Waals surface area contributed by atoms with Gasteiger partial charge in [-0.15, -0.1) is 0 Å². The fourth-order valence-electron chi connectivity index (χ4n) is 1.78. The Balaban J connectivity index is 3.05. The highest BCUT2D eigenvalue weighted by molar-refractivity contribution is 5.63. The van der Waals surface area contributed by atoms with Crippen LogP contribution in [0.4, 0.5) is 24.5 Å². The number of nitrogens with two attached hydrogens (primary N) is 1. The number of anilines is 1. The van der Waals surface area contributed by atoms with Gasteiger partial charge in [0.25, 0.3) is 5.69 Å². The van der Waals surface area contributed by atoms with E-state index in [2.05, 4.69) is 5.32 Å². The highest BCUT2D eigenvalue weighted by Crippen LogP contribution is 2.35. The van der Waals surface area contributed by atoms with Crippen LogP contribution in [-0.2, 0) is 6.18 Å². The molecule has 3 N–H and O–H groups in total. The third-order valence-corrected chi connectivity index (χ3v) is 3.56. The Hall–Kier alpha value is -1.83. The molecular formula is C13H18F3N3O2. The van der Waals surface area contributed by atoms with Gasteiger partial charge in [0.15, 0.2) is 0 Å². The molecule has 0 heterocycles. The Morgan fingerprint density at radius 2 is 1.86 bits per heavy atom. The van der Waals surface area contributed by atoms with Gasteiger partial charge < -0.3 is 11.1 Å². The second-order valence-electron chi connectivity index (χ2n) is 4.91. The van der Waals surface area contributed by atoms with E-state index in [1.165, 1.54) is 0 Å². The average Bonchev–Trinajstić information content (AvgIpc) is 2.43. The van der Waals surface area contributed by atoms with Crippen molar-refractivity contribution in [2.24, 2.45) is 5.73 Å². The van der Waals surface area contributed by atoms with E-state index in [0.717, 1.165) is 12.1 Å². The van der Waals surface area contributed by atoms with Crippen LogP contribution in [0, 0.1) is 10.1 Å². The highest BCUT2D eigenvalue weighted by Gasteiger charge is 2.33. The van der Waals surface area contributed by atoms with Crippen molar-refractivity contribution in [1.82, 2.24) is 0 Å². The molecule has 0 aliphatic heterocycles. The van der Waals surface area contributed by atoms with Crippen LogP contribution < -0.4 is 11.1 Å². The summed E-state index contributed by atoms with van der Waals surface area (Å²) in [6.45, 7) is 4.00. The van der Waals surface area contributed by atoms with Gasteiger partial charge in [0.05, 0.1) is 10.5 Å². The molecular weight excluding hydrogens is 287 g/mol. The number of nitro benzene ring substituents is 1. The first-order valence-electron chi connectivity index (χ1n) is 6.51. The van der Waals surface area contributed by atoms with Crippen molar-refractivity contribution in [3.05, 3.63) is 33.9 Å². The standard InChI is InChI=1S/C13H18F3N3O2/c1-3-12(17,4-2)8-18-10-6-5-9(13(14,15)16)7-11(10)19(20)21/h5-7,18H,3-4,8,17H2,1-2H3. The minimum Gasteiger partial charge on any atom is -0.378 e. The van der Waals surface area contributed by atoms with Crippen LogP contribution in [0.2, 0.25) is 0 Å². The van der Waals surface area contributed by atoms with Gasteiger partial charge in [-0.1, -0.05) is 13.8 Å². The molecule has 0 radical (unpaired) electrons. The van der Waals surface area contributed by atoms with Crippen LogP contribution in [-0.4, -0.2) is 17.0 Å². The Labute approximate surface area is 120 Å². The summed E-state index contributed by atoms with van der Waals surface area (Å²) in [4.78, 5) is 10.1. The van der Waals surface area contributed by atoms with Gasteiger partial charge in [-0.25, -0.2) is 0 Å². The number of hydrogen-bond donors (Lipinski definition) is 2. The summed E-state index contributed by atoms with van der Waals surface area (Å²) >= 11 is 0. The summed E-state index contributed by atoms with van der Waals surface area (Å²) in [6, 6.07) is 2.40. The summed E-state index contributed by atoms with van der Waals surface area (Å²) < 4.78 is 37.8. The fraction of sp³-hybridized carbons (Fsp3) is 0.538. The molecule has 0 aliphatic rings. The van der Waals surface area contributed by atoms with Crippen LogP contribution in [0.15, 0.2) is 18.2 Å². The topological polar surface area (TPSA) is 81.2 Å². The van der Waals surface area contributed by atoms with Gasteiger partial charge in [0.1, 0.15) is 5.69 Å². The quantitative estimate of drug-likeness (QED) is 0.622. The molecule has 0 aromatic heterocycles. The number of nitrogens with zero attached hydrogens (tertiary/aromatic N) is 1. The number of alkyl halides is 3. The molecule has 1 rings (SSSR count). The lowest BCUT2D eigenvalue weighted by Gasteiger charge is -2.27. The van der Waals surface area contributed by atoms with Crippen LogP contribution in [0.5, 0.6) is 0 Å². The van der Waals surface area contributed by atoms with Crippen LogP contribution >= 0.6 is 0 Å². The van der Waals surface area contributed by atoms with Crippen molar-refractivity contribution in [3.8, 4) is 0 Å². The molecule has 1 aromatic rings. The summed E-state index contributed by atoms with van der Waals surface area (Å²) in [5, 5.41) is 13.7. The van der Waals surface area contributed by atoms with Gasteiger partial charge in [-0.2, -0.15) is 13.2 Å². The maximum Gasteiger partial charge on any atom is 0.416 e. The number of rotatable bonds is 6. The summed E-state index contributed by atoms with van der Waals surface area (Å²) in [5.74, 6) is 0. The summed E-state index contributed by atoms with van der Waals surface area (Å²) in [5.41, 5.74) is 3.87. The Morgan fingerprint density at radius 3 is 2.29 bits per heavy atom. The number of hydrogen-bond acceptors (Lipinski definition) is 4. The van der Waals surface area contributed by atoms with Crippen LogP contribution in [0.3, 0.4) is 0 Å². The van der Waals surface area contributed by atoms with Gasteiger partial charge in [-0.05, 0) is 25.0 Å². The van der Waals surface area contributed by atoms with Gasteiger partial charge in [-0.3, -0.25) is 10.1 Å². The Morgan fingerprint density at radius 1 is 1.29 bits per heavy atom. The smallest absolute Gasteiger partial charge is 0.378 e. The molecule has 0 amide bonds. The number of nitro groups is 1. The van der Waals surface area contributed by atoms with Crippen molar-refractivity contribution < 1.29 is 18.1 Å². The molecule has 0 saturated heterocycles. The average molecular weight is 305 g/mol. The monoisotopic (exact) mass is 305 g/mol. The highest BCUT2D eigenvalue weighted by atomic mass is 19.4. The molecule has 0 atom stereocenters. The lowest BCUT2D eigenvalue weighted by molar-refractivity contribution is -0.384. The third-order valence-electron chi connectivity index (χ3n) is 3.56. The second kappa shape index (κ2) is 6.30. The number of nitrogens with one attached hydrogen (secondary N) is 1. The second-order valence-corrected chi connectivity index (χ2v) is 4.91. The van der Waals surface area contributed by atoms with Crippen molar-refractivity contribution in [2.45, 2.75) is 38.4 Å². The summed E-state index contributed by atoms with van der Waals surface area (Å²) in [7, 11) is 0. The van der Waals surface area contributed by atoms with E-state index >= 15 is 0 Å². The lowest BCUT2D eigenvalue weighted by Crippen LogP contribution is -2.45. The Kier molecular flexibility index (Phi) is 5.16. The predicted octanol–water partition coefficient (Wildman–Crippen LogP) is 3.54. The van der Waals surface area contributed by atoms with E-state index < -0.39 is 27.9 Å². The van der Waals surface area contributed by atoms with E-state index in [9.17, 15) is 23.3 Å². The molecule has 0 spiro atoms. The van der Waals surface area contributed by atoms with Crippen LogP contribution in [0.25, 0.3) is 0 Å². The van der Waals surface area contributed by atoms with E-state index in [0.29, 0.717) is 18.9 Å². The van der Waals surface area contributed by atoms with E-state index in [1.807, 2.05) is 13.8 Å².